The Kier molecular flexibility index (Phi) is 6.71. The molecule has 0 radical (unpaired) electrons. The third-order valence-electron chi connectivity index (χ3n) is 6.12. The highest BCUT2D eigenvalue weighted by Gasteiger charge is 2.37. The summed E-state index contributed by atoms with van der Waals surface area (Å²) in [5.74, 6) is 1.11. The van der Waals surface area contributed by atoms with Gasteiger partial charge < -0.3 is 5.32 Å². The molecular formula is C26H24F3N7. The summed E-state index contributed by atoms with van der Waals surface area (Å²) in [6, 6.07) is 8.37. The SMILES string of the molecule is C=C(/C=C\C(C#N)=C/C)[C@@H]1C(C#N)=C(C)N(c2cccc(C(F)(F)F)c2)c2nc(NCC3CC3)nn21. The number of anilines is 3. The molecule has 1 saturated carbocycles. The van der Waals surface area contributed by atoms with E-state index in [0.29, 0.717) is 35.3 Å². The van der Waals surface area contributed by atoms with Gasteiger partial charge in [-0.3, -0.25) is 4.90 Å². The van der Waals surface area contributed by atoms with Crippen molar-refractivity contribution >= 4 is 17.6 Å². The van der Waals surface area contributed by atoms with Crippen molar-refractivity contribution in [1.82, 2.24) is 14.8 Å². The molecule has 10 heteroatoms. The maximum absolute atomic E-state index is 13.5. The Hall–Kier alpha value is -4.31. The Morgan fingerprint density at radius 1 is 1.28 bits per heavy atom. The molecule has 1 aromatic carbocycles. The van der Waals surface area contributed by atoms with Crippen LogP contribution < -0.4 is 10.2 Å². The Bertz CT molecular complexity index is 1360. The summed E-state index contributed by atoms with van der Waals surface area (Å²) >= 11 is 0. The van der Waals surface area contributed by atoms with Crippen molar-refractivity contribution in [3.05, 3.63) is 77.1 Å². The summed E-state index contributed by atoms with van der Waals surface area (Å²) in [6.07, 6.45) is 2.58. The third kappa shape index (κ3) is 4.89. The smallest absolute Gasteiger partial charge is 0.353 e. The molecule has 0 amide bonds. The van der Waals surface area contributed by atoms with Crippen LogP contribution in [0.2, 0.25) is 0 Å². The average molecular weight is 492 g/mol. The maximum atomic E-state index is 13.5. The predicted molar refractivity (Wildman–Crippen MR) is 130 cm³/mol. The molecule has 0 unspecified atom stereocenters. The first kappa shape index (κ1) is 24.8. The first-order chi connectivity index (χ1) is 17.2. The summed E-state index contributed by atoms with van der Waals surface area (Å²) in [6.45, 7) is 8.18. The van der Waals surface area contributed by atoms with Crippen LogP contribution in [0.4, 0.5) is 30.8 Å². The second-order valence-corrected chi connectivity index (χ2v) is 8.67. The van der Waals surface area contributed by atoms with Crippen LogP contribution in [0.1, 0.15) is 38.3 Å². The number of allylic oxidation sites excluding steroid dienone is 7. The van der Waals surface area contributed by atoms with Crippen molar-refractivity contribution in [2.24, 2.45) is 5.92 Å². The Labute approximate surface area is 207 Å². The standard InChI is InChI=1S/C26H24F3N7/c1-4-18(13-30)9-8-16(2)23-22(14-31)17(3)35(21-7-5-6-20(12-21)26(27,28)29)25-33-24(34-36(23)25)32-15-19-10-11-19/h4-9,12,19,23H,2,10-11,15H2,1,3H3,(H,32,34)/b9-8-,18-4+/t23-/m1/s1. The summed E-state index contributed by atoms with van der Waals surface area (Å²) in [5.41, 5.74) is 0.960. The minimum absolute atomic E-state index is 0.206. The van der Waals surface area contributed by atoms with Gasteiger partial charge in [-0.05, 0) is 62.5 Å². The molecule has 36 heavy (non-hydrogen) atoms. The zero-order valence-electron chi connectivity index (χ0n) is 19.8. The molecule has 0 saturated heterocycles. The van der Waals surface area contributed by atoms with Gasteiger partial charge in [0.1, 0.15) is 6.04 Å². The predicted octanol–water partition coefficient (Wildman–Crippen LogP) is 6.19. The molecule has 4 rings (SSSR count). The molecule has 1 aromatic heterocycles. The molecule has 2 aliphatic rings. The number of rotatable bonds is 7. The largest absolute Gasteiger partial charge is 0.416 e. The fourth-order valence-corrected chi connectivity index (χ4v) is 3.96. The third-order valence-corrected chi connectivity index (χ3v) is 6.12. The fraction of sp³-hybridized carbons (Fsp3) is 0.308. The highest BCUT2D eigenvalue weighted by molar-refractivity contribution is 5.69. The van der Waals surface area contributed by atoms with Crippen molar-refractivity contribution in [2.45, 2.75) is 38.9 Å². The maximum Gasteiger partial charge on any atom is 0.416 e. The van der Waals surface area contributed by atoms with Crippen LogP contribution in [0.3, 0.4) is 0 Å². The lowest BCUT2D eigenvalue weighted by Crippen LogP contribution is -2.31. The van der Waals surface area contributed by atoms with Crippen LogP contribution in [0, 0.1) is 28.6 Å². The van der Waals surface area contributed by atoms with E-state index in [2.05, 4.69) is 34.1 Å². The van der Waals surface area contributed by atoms with Crippen LogP contribution in [0.15, 0.2) is 71.5 Å². The van der Waals surface area contributed by atoms with E-state index in [-0.39, 0.29) is 17.2 Å². The lowest BCUT2D eigenvalue weighted by molar-refractivity contribution is -0.137. The summed E-state index contributed by atoms with van der Waals surface area (Å²) in [4.78, 5) is 6.10. The molecule has 184 valence electrons. The van der Waals surface area contributed by atoms with E-state index in [1.54, 1.807) is 32.1 Å². The van der Waals surface area contributed by atoms with E-state index in [0.717, 1.165) is 25.0 Å². The van der Waals surface area contributed by atoms with Gasteiger partial charge in [0.2, 0.25) is 11.9 Å². The fourth-order valence-electron chi connectivity index (χ4n) is 3.96. The van der Waals surface area contributed by atoms with E-state index in [1.165, 1.54) is 21.7 Å². The highest BCUT2D eigenvalue weighted by Crippen LogP contribution is 2.43. The van der Waals surface area contributed by atoms with Gasteiger partial charge in [0.15, 0.2) is 0 Å². The van der Waals surface area contributed by atoms with E-state index in [4.69, 9.17) is 0 Å². The van der Waals surface area contributed by atoms with Crippen molar-refractivity contribution < 1.29 is 13.2 Å². The number of nitriles is 2. The number of hydrogen-bond acceptors (Lipinski definition) is 6. The van der Waals surface area contributed by atoms with E-state index >= 15 is 0 Å². The molecule has 0 spiro atoms. The molecule has 1 fully saturated rings. The minimum Gasteiger partial charge on any atom is -0.353 e. The quantitative estimate of drug-likeness (QED) is 0.367. The van der Waals surface area contributed by atoms with Gasteiger partial charge in [0.05, 0.1) is 23.3 Å². The molecule has 7 nitrogen and oxygen atoms in total. The summed E-state index contributed by atoms with van der Waals surface area (Å²) in [7, 11) is 0. The van der Waals surface area contributed by atoms with Crippen LogP contribution in [-0.4, -0.2) is 21.3 Å². The lowest BCUT2D eigenvalue weighted by Gasteiger charge is -2.34. The van der Waals surface area contributed by atoms with E-state index in [1.807, 2.05) is 0 Å². The molecule has 1 atom stereocenters. The normalized spacial score (nSPS) is 18.1. The van der Waals surface area contributed by atoms with Gasteiger partial charge in [0.25, 0.3) is 0 Å². The molecule has 1 N–H and O–H groups in total. The van der Waals surface area contributed by atoms with Crippen molar-refractivity contribution in [3.63, 3.8) is 0 Å². The number of fused-ring (bicyclic) bond motifs is 1. The second kappa shape index (κ2) is 9.74. The zero-order valence-corrected chi connectivity index (χ0v) is 19.8. The van der Waals surface area contributed by atoms with Gasteiger partial charge in [0, 0.05) is 23.5 Å². The molecule has 2 heterocycles. The van der Waals surface area contributed by atoms with Crippen LogP contribution >= 0.6 is 0 Å². The van der Waals surface area contributed by atoms with Gasteiger partial charge in [-0.15, -0.1) is 5.10 Å². The van der Waals surface area contributed by atoms with E-state index < -0.39 is 17.8 Å². The summed E-state index contributed by atoms with van der Waals surface area (Å²) in [5, 5.41) is 27.1. The second-order valence-electron chi connectivity index (χ2n) is 8.67. The Morgan fingerprint density at radius 2 is 2.03 bits per heavy atom. The van der Waals surface area contributed by atoms with Crippen molar-refractivity contribution in [3.8, 4) is 12.1 Å². The topological polar surface area (TPSA) is 93.6 Å². The summed E-state index contributed by atoms with van der Waals surface area (Å²) < 4.78 is 41.9. The number of nitrogens with zero attached hydrogens (tertiary/aromatic N) is 6. The van der Waals surface area contributed by atoms with E-state index in [9.17, 15) is 23.7 Å². The van der Waals surface area contributed by atoms with Gasteiger partial charge in [-0.1, -0.05) is 24.8 Å². The Morgan fingerprint density at radius 3 is 2.64 bits per heavy atom. The van der Waals surface area contributed by atoms with Gasteiger partial charge in [-0.2, -0.15) is 28.7 Å². The van der Waals surface area contributed by atoms with Crippen LogP contribution in [0.5, 0.6) is 0 Å². The molecular weight excluding hydrogens is 467 g/mol. The number of aromatic nitrogens is 3. The first-order valence-electron chi connectivity index (χ1n) is 11.4. The number of benzene rings is 1. The molecule has 1 aliphatic carbocycles. The zero-order chi connectivity index (χ0) is 26.0. The van der Waals surface area contributed by atoms with Crippen LogP contribution in [0.25, 0.3) is 0 Å². The number of hydrogen-bond donors (Lipinski definition) is 1. The number of halogens is 3. The molecule has 2 aromatic rings. The monoisotopic (exact) mass is 491 g/mol. The average Bonchev–Trinajstić information content (AvgIpc) is 3.60. The molecule has 1 aliphatic heterocycles. The minimum atomic E-state index is -4.53. The molecule has 0 bridgehead atoms. The Balaban J connectivity index is 1.84. The highest BCUT2D eigenvalue weighted by atomic mass is 19.4. The van der Waals surface area contributed by atoms with Crippen molar-refractivity contribution in [2.75, 3.05) is 16.8 Å². The first-order valence-corrected chi connectivity index (χ1v) is 11.4. The number of alkyl halides is 3. The number of nitrogens with one attached hydrogen (secondary N) is 1. The van der Waals surface area contributed by atoms with Gasteiger partial charge in [-0.25, -0.2) is 4.68 Å². The lowest BCUT2D eigenvalue weighted by atomic mass is 9.96. The van der Waals surface area contributed by atoms with Crippen LogP contribution in [-0.2, 0) is 6.18 Å². The van der Waals surface area contributed by atoms with Gasteiger partial charge >= 0.3 is 6.18 Å². The van der Waals surface area contributed by atoms with Crippen molar-refractivity contribution in [1.29, 1.82) is 10.5 Å².